The molecule has 5 nitrogen and oxygen atoms in total. The molecular weight excluding hydrogens is 532 g/mol. The van der Waals surface area contributed by atoms with E-state index in [2.05, 4.69) is 87.0 Å². The third kappa shape index (κ3) is 4.65. The SMILES string of the molecule is Cc1cc(C2C(c3ccccn3)NC(=S)N2c2ccc(OC(C)C)cc2)c(C)n1-c1cccc(Br)c1. The van der Waals surface area contributed by atoms with Crippen molar-refractivity contribution in [3.8, 4) is 11.4 Å². The van der Waals surface area contributed by atoms with Gasteiger partial charge in [-0.2, -0.15) is 0 Å². The van der Waals surface area contributed by atoms with E-state index in [0.29, 0.717) is 5.11 Å². The van der Waals surface area contributed by atoms with Crippen molar-refractivity contribution in [1.82, 2.24) is 14.9 Å². The molecule has 0 saturated carbocycles. The van der Waals surface area contributed by atoms with Gasteiger partial charge in [0.15, 0.2) is 5.11 Å². The van der Waals surface area contributed by atoms with Crippen LogP contribution in [-0.4, -0.2) is 20.8 Å². The minimum Gasteiger partial charge on any atom is -0.491 e. The van der Waals surface area contributed by atoms with Crippen molar-refractivity contribution >= 4 is 38.9 Å². The first-order chi connectivity index (χ1) is 17.3. The molecular formula is C29H29BrN4OS. The smallest absolute Gasteiger partial charge is 0.174 e. The minimum absolute atomic E-state index is 0.0728. The average Bonchev–Trinajstić information content (AvgIpc) is 3.35. The van der Waals surface area contributed by atoms with Crippen LogP contribution in [0.1, 0.15) is 48.6 Å². The molecule has 0 bridgehead atoms. The van der Waals surface area contributed by atoms with E-state index in [9.17, 15) is 0 Å². The Balaban J connectivity index is 1.63. The Morgan fingerprint density at radius 2 is 1.75 bits per heavy atom. The van der Waals surface area contributed by atoms with Crippen LogP contribution in [0.15, 0.2) is 83.5 Å². The van der Waals surface area contributed by atoms with Crippen LogP contribution in [0.3, 0.4) is 0 Å². The highest BCUT2D eigenvalue weighted by Gasteiger charge is 2.42. The van der Waals surface area contributed by atoms with Gasteiger partial charge in [0.05, 0.1) is 23.9 Å². The first kappa shape index (κ1) is 24.5. The first-order valence-corrected chi connectivity index (χ1v) is 13.3. The van der Waals surface area contributed by atoms with Gasteiger partial charge in [-0.1, -0.05) is 28.1 Å². The lowest BCUT2D eigenvalue weighted by atomic mass is 9.96. The Kier molecular flexibility index (Phi) is 6.86. The van der Waals surface area contributed by atoms with Gasteiger partial charge in [0.25, 0.3) is 0 Å². The largest absolute Gasteiger partial charge is 0.491 e. The van der Waals surface area contributed by atoms with Crippen LogP contribution in [-0.2, 0) is 0 Å². The van der Waals surface area contributed by atoms with Crippen molar-refractivity contribution in [3.63, 3.8) is 0 Å². The van der Waals surface area contributed by atoms with Gasteiger partial charge in [-0.25, -0.2) is 0 Å². The Hall–Kier alpha value is -3.16. The molecule has 0 aliphatic carbocycles. The summed E-state index contributed by atoms with van der Waals surface area (Å²) >= 11 is 9.54. The summed E-state index contributed by atoms with van der Waals surface area (Å²) in [7, 11) is 0. The summed E-state index contributed by atoms with van der Waals surface area (Å²) in [5.74, 6) is 0.845. The second-order valence-corrected chi connectivity index (χ2v) is 10.6. The summed E-state index contributed by atoms with van der Waals surface area (Å²) in [5.41, 5.74) is 6.64. The predicted molar refractivity (Wildman–Crippen MR) is 153 cm³/mol. The number of rotatable bonds is 6. The van der Waals surface area contributed by atoms with E-state index in [1.54, 1.807) is 0 Å². The fraction of sp³-hybridized carbons (Fsp3) is 0.241. The van der Waals surface area contributed by atoms with E-state index in [-0.39, 0.29) is 18.2 Å². The maximum Gasteiger partial charge on any atom is 0.174 e. The number of hydrogen-bond acceptors (Lipinski definition) is 3. The molecule has 2 aromatic carbocycles. The van der Waals surface area contributed by atoms with Crippen LogP contribution in [0.5, 0.6) is 5.75 Å². The van der Waals surface area contributed by atoms with Crippen LogP contribution >= 0.6 is 28.1 Å². The molecule has 1 aliphatic heterocycles. The Morgan fingerprint density at radius 1 is 0.972 bits per heavy atom. The second-order valence-electron chi connectivity index (χ2n) is 9.30. The van der Waals surface area contributed by atoms with E-state index in [4.69, 9.17) is 21.9 Å². The number of anilines is 1. The maximum atomic E-state index is 5.92. The van der Waals surface area contributed by atoms with Crippen LogP contribution in [0.25, 0.3) is 5.69 Å². The summed E-state index contributed by atoms with van der Waals surface area (Å²) in [5, 5.41) is 4.25. The highest BCUT2D eigenvalue weighted by Crippen LogP contribution is 2.44. The lowest BCUT2D eigenvalue weighted by Gasteiger charge is -2.28. The predicted octanol–water partition coefficient (Wildman–Crippen LogP) is 7.22. The van der Waals surface area contributed by atoms with E-state index >= 15 is 0 Å². The van der Waals surface area contributed by atoms with Crippen molar-refractivity contribution in [2.24, 2.45) is 0 Å². The molecule has 2 aromatic heterocycles. The fourth-order valence-electron chi connectivity index (χ4n) is 5.01. The molecule has 1 aliphatic rings. The maximum absolute atomic E-state index is 5.92. The van der Waals surface area contributed by atoms with Crippen molar-refractivity contribution in [2.45, 2.75) is 45.9 Å². The zero-order valence-corrected chi connectivity index (χ0v) is 23.2. The number of benzene rings is 2. The monoisotopic (exact) mass is 560 g/mol. The molecule has 1 saturated heterocycles. The van der Waals surface area contributed by atoms with Gasteiger partial charge in [-0.05, 0) is 106 Å². The lowest BCUT2D eigenvalue weighted by molar-refractivity contribution is 0.242. The normalized spacial score (nSPS) is 17.5. The number of hydrogen-bond donors (Lipinski definition) is 1. The van der Waals surface area contributed by atoms with Gasteiger partial charge >= 0.3 is 0 Å². The number of nitrogens with one attached hydrogen (secondary N) is 1. The molecule has 4 aromatic rings. The van der Waals surface area contributed by atoms with Gasteiger partial charge < -0.3 is 19.5 Å². The molecule has 36 heavy (non-hydrogen) atoms. The van der Waals surface area contributed by atoms with Crippen LogP contribution in [0.4, 0.5) is 5.69 Å². The topological polar surface area (TPSA) is 42.3 Å². The van der Waals surface area contributed by atoms with Gasteiger partial charge in [0.1, 0.15) is 5.75 Å². The van der Waals surface area contributed by atoms with Gasteiger partial charge in [-0.15, -0.1) is 0 Å². The number of pyridine rings is 1. The van der Waals surface area contributed by atoms with E-state index in [1.807, 2.05) is 50.4 Å². The molecule has 0 spiro atoms. The van der Waals surface area contributed by atoms with Gasteiger partial charge in [0.2, 0.25) is 0 Å². The zero-order valence-electron chi connectivity index (χ0n) is 20.8. The number of aromatic nitrogens is 2. The van der Waals surface area contributed by atoms with E-state index < -0.39 is 0 Å². The second kappa shape index (κ2) is 10.1. The minimum atomic E-state index is -0.0956. The molecule has 0 radical (unpaired) electrons. The fourth-order valence-corrected chi connectivity index (χ4v) is 5.74. The number of thiocarbonyl (C=S) groups is 1. The molecule has 2 atom stereocenters. The van der Waals surface area contributed by atoms with E-state index in [0.717, 1.165) is 27.3 Å². The summed E-state index contributed by atoms with van der Waals surface area (Å²) in [6.07, 6.45) is 1.96. The summed E-state index contributed by atoms with van der Waals surface area (Å²) in [6, 6.07) is 24.7. The average molecular weight is 562 g/mol. The van der Waals surface area contributed by atoms with Crippen molar-refractivity contribution in [2.75, 3.05) is 4.90 Å². The van der Waals surface area contributed by atoms with Crippen molar-refractivity contribution < 1.29 is 4.74 Å². The summed E-state index contributed by atoms with van der Waals surface area (Å²) in [4.78, 5) is 6.90. The molecule has 184 valence electrons. The highest BCUT2D eigenvalue weighted by molar-refractivity contribution is 9.10. The molecule has 1 fully saturated rings. The summed E-state index contributed by atoms with van der Waals surface area (Å²) in [6.45, 7) is 8.39. The summed E-state index contributed by atoms with van der Waals surface area (Å²) < 4.78 is 9.22. The third-order valence-electron chi connectivity index (χ3n) is 6.44. The number of aryl methyl sites for hydroxylation is 1. The standard InChI is InChI=1S/C29H29BrN4OS/c1-18(2)35-24-13-11-22(12-14-24)34-28(27(32-29(34)36)26-10-5-6-15-31-26)25-16-19(3)33(20(25)4)23-9-7-8-21(30)17-23/h5-18,27-28H,1-4H3,(H,32,36). The van der Waals surface area contributed by atoms with Crippen LogP contribution in [0.2, 0.25) is 0 Å². The quantitative estimate of drug-likeness (QED) is 0.252. The Morgan fingerprint density at radius 3 is 2.42 bits per heavy atom. The third-order valence-corrected chi connectivity index (χ3v) is 7.25. The van der Waals surface area contributed by atoms with Gasteiger partial charge in [0, 0.05) is 33.4 Å². The first-order valence-electron chi connectivity index (χ1n) is 12.1. The van der Waals surface area contributed by atoms with E-state index in [1.165, 1.54) is 17.0 Å². The van der Waals surface area contributed by atoms with Crippen LogP contribution < -0.4 is 15.0 Å². The number of halogens is 1. The van der Waals surface area contributed by atoms with Gasteiger partial charge in [-0.3, -0.25) is 4.98 Å². The number of nitrogens with zero attached hydrogens (tertiary/aromatic N) is 3. The lowest BCUT2D eigenvalue weighted by Crippen LogP contribution is -2.29. The molecule has 7 heteroatoms. The van der Waals surface area contributed by atoms with Crippen LogP contribution in [0, 0.1) is 13.8 Å². The molecule has 5 rings (SSSR count). The molecule has 0 amide bonds. The highest BCUT2D eigenvalue weighted by atomic mass is 79.9. The molecule has 3 heterocycles. The van der Waals surface area contributed by atoms with Crippen molar-refractivity contribution in [1.29, 1.82) is 0 Å². The van der Waals surface area contributed by atoms with Crippen molar-refractivity contribution in [3.05, 3.63) is 106 Å². The molecule has 2 unspecified atom stereocenters. The number of ether oxygens (including phenoxy) is 1. The zero-order chi connectivity index (χ0) is 25.4. The Bertz CT molecular complexity index is 1380. The molecule has 1 N–H and O–H groups in total. The Labute approximate surface area is 226 Å².